The van der Waals surface area contributed by atoms with Crippen LogP contribution in [-0.2, 0) is 4.79 Å². The molecule has 1 aliphatic rings. The van der Waals surface area contributed by atoms with E-state index in [2.05, 4.69) is 10.6 Å². The zero-order chi connectivity index (χ0) is 13.7. The summed E-state index contributed by atoms with van der Waals surface area (Å²) in [6.45, 7) is 1.76. The maximum absolute atomic E-state index is 14.0. The van der Waals surface area contributed by atoms with Crippen molar-refractivity contribution >= 4 is 5.91 Å². The normalized spacial score (nSPS) is 16.1. The van der Waals surface area contributed by atoms with Crippen LogP contribution in [0.2, 0.25) is 0 Å². The first-order valence-electron chi connectivity index (χ1n) is 6.54. The van der Waals surface area contributed by atoms with E-state index >= 15 is 0 Å². The molecule has 5 heteroatoms. The molecule has 0 radical (unpaired) electrons. The Morgan fingerprint density at radius 2 is 2.21 bits per heavy atom. The standard InChI is InChI=1S/C14H19FN2O2/c1-16-14(18)9-19-11-2-3-12(13(15)8-11)10-4-6-17-7-5-10/h2-3,8,10,17H,4-7,9H2,1H3,(H,16,18). The van der Waals surface area contributed by atoms with E-state index in [1.807, 2.05) is 0 Å². The minimum atomic E-state index is -0.249. The van der Waals surface area contributed by atoms with Crippen molar-refractivity contribution in [2.24, 2.45) is 0 Å². The molecule has 1 aromatic rings. The lowest BCUT2D eigenvalue weighted by atomic mass is 9.90. The van der Waals surface area contributed by atoms with Crippen LogP contribution in [-0.4, -0.2) is 32.7 Å². The largest absolute Gasteiger partial charge is 0.484 e. The Morgan fingerprint density at radius 1 is 1.47 bits per heavy atom. The quantitative estimate of drug-likeness (QED) is 0.866. The Balaban J connectivity index is 2.01. The third kappa shape index (κ3) is 3.67. The fourth-order valence-corrected chi connectivity index (χ4v) is 2.28. The van der Waals surface area contributed by atoms with Gasteiger partial charge in [0.1, 0.15) is 11.6 Å². The smallest absolute Gasteiger partial charge is 0.257 e. The number of amides is 1. The number of likely N-dealkylation sites (N-methyl/N-ethyl adjacent to an activating group) is 1. The van der Waals surface area contributed by atoms with Gasteiger partial charge in [0, 0.05) is 13.1 Å². The van der Waals surface area contributed by atoms with Crippen LogP contribution in [0.5, 0.6) is 5.75 Å². The fourth-order valence-electron chi connectivity index (χ4n) is 2.28. The van der Waals surface area contributed by atoms with E-state index < -0.39 is 0 Å². The Kier molecular flexibility index (Phi) is 4.74. The summed E-state index contributed by atoms with van der Waals surface area (Å²) in [7, 11) is 1.53. The van der Waals surface area contributed by atoms with Gasteiger partial charge < -0.3 is 15.4 Å². The van der Waals surface area contributed by atoms with Gasteiger partial charge in [0.2, 0.25) is 0 Å². The Hall–Kier alpha value is -1.62. The molecule has 0 saturated carbocycles. The number of piperidine rings is 1. The molecule has 0 bridgehead atoms. The van der Waals surface area contributed by atoms with Gasteiger partial charge in [0.05, 0.1) is 0 Å². The summed E-state index contributed by atoms with van der Waals surface area (Å²) in [5, 5.41) is 5.71. The third-order valence-electron chi connectivity index (χ3n) is 3.40. The van der Waals surface area contributed by atoms with Crippen LogP contribution in [0.15, 0.2) is 18.2 Å². The molecule has 4 nitrogen and oxygen atoms in total. The zero-order valence-electron chi connectivity index (χ0n) is 11.0. The van der Waals surface area contributed by atoms with Gasteiger partial charge in [-0.3, -0.25) is 4.79 Å². The highest BCUT2D eigenvalue weighted by atomic mass is 19.1. The molecule has 0 spiro atoms. The van der Waals surface area contributed by atoms with Crippen LogP contribution >= 0.6 is 0 Å². The SMILES string of the molecule is CNC(=O)COc1ccc(C2CCNCC2)c(F)c1. The molecule has 0 aliphatic carbocycles. The van der Waals surface area contributed by atoms with Crippen molar-refractivity contribution in [2.75, 3.05) is 26.7 Å². The molecule has 0 aromatic heterocycles. The van der Waals surface area contributed by atoms with E-state index in [-0.39, 0.29) is 24.2 Å². The second-order valence-corrected chi connectivity index (χ2v) is 4.67. The van der Waals surface area contributed by atoms with Crippen molar-refractivity contribution in [3.63, 3.8) is 0 Å². The first-order valence-corrected chi connectivity index (χ1v) is 6.54. The van der Waals surface area contributed by atoms with Crippen LogP contribution in [0, 0.1) is 5.82 Å². The maximum Gasteiger partial charge on any atom is 0.257 e. The molecule has 1 aromatic carbocycles. The van der Waals surface area contributed by atoms with Gasteiger partial charge in [-0.1, -0.05) is 6.07 Å². The van der Waals surface area contributed by atoms with Crippen molar-refractivity contribution < 1.29 is 13.9 Å². The topological polar surface area (TPSA) is 50.4 Å². The molecule has 1 heterocycles. The second kappa shape index (κ2) is 6.52. The first kappa shape index (κ1) is 13.8. The molecular weight excluding hydrogens is 247 g/mol. The van der Waals surface area contributed by atoms with E-state index in [0.29, 0.717) is 5.75 Å². The van der Waals surface area contributed by atoms with Crippen LogP contribution in [0.25, 0.3) is 0 Å². The zero-order valence-corrected chi connectivity index (χ0v) is 11.0. The molecule has 2 rings (SSSR count). The van der Waals surface area contributed by atoms with E-state index in [0.717, 1.165) is 31.5 Å². The minimum absolute atomic E-state index is 0.0946. The lowest BCUT2D eigenvalue weighted by Gasteiger charge is -2.23. The highest BCUT2D eigenvalue weighted by Gasteiger charge is 2.18. The number of carbonyl (C=O) groups is 1. The number of ether oxygens (including phenoxy) is 1. The molecule has 1 amide bonds. The number of carbonyl (C=O) groups excluding carboxylic acids is 1. The Morgan fingerprint density at radius 3 is 2.84 bits per heavy atom. The minimum Gasteiger partial charge on any atom is -0.484 e. The molecule has 1 aliphatic heterocycles. The highest BCUT2D eigenvalue weighted by molar-refractivity contribution is 5.77. The van der Waals surface area contributed by atoms with Crippen LogP contribution in [0.3, 0.4) is 0 Å². The number of rotatable bonds is 4. The summed E-state index contributed by atoms with van der Waals surface area (Å²) in [5.74, 6) is 0.178. The lowest BCUT2D eigenvalue weighted by molar-refractivity contribution is -0.122. The van der Waals surface area contributed by atoms with Crippen molar-refractivity contribution in [1.29, 1.82) is 0 Å². The van der Waals surface area contributed by atoms with Gasteiger partial charge in [0.25, 0.3) is 5.91 Å². The van der Waals surface area contributed by atoms with Gasteiger partial charge in [0.15, 0.2) is 6.61 Å². The summed E-state index contributed by atoms with van der Waals surface area (Å²) in [6.07, 6.45) is 1.91. The third-order valence-corrected chi connectivity index (χ3v) is 3.40. The van der Waals surface area contributed by atoms with E-state index in [1.54, 1.807) is 12.1 Å². The van der Waals surface area contributed by atoms with Crippen molar-refractivity contribution in [2.45, 2.75) is 18.8 Å². The van der Waals surface area contributed by atoms with Gasteiger partial charge in [-0.05, 0) is 43.5 Å². The number of benzene rings is 1. The highest BCUT2D eigenvalue weighted by Crippen LogP contribution is 2.29. The van der Waals surface area contributed by atoms with E-state index in [1.165, 1.54) is 13.1 Å². The Labute approximate surface area is 112 Å². The first-order chi connectivity index (χ1) is 9.20. The van der Waals surface area contributed by atoms with E-state index in [4.69, 9.17) is 4.74 Å². The van der Waals surface area contributed by atoms with Crippen LogP contribution in [0.4, 0.5) is 4.39 Å². The number of hydrogen-bond acceptors (Lipinski definition) is 3. The second-order valence-electron chi connectivity index (χ2n) is 4.67. The molecule has 19 heavy (non-hydrogen) atoms. The average Bonchev–Trinajstić information content (AvgIpc) is 2.45. The lowest BCUT2D eigenvalue weighted by Crippen LogP contribution is -2.27. The summed E-state index contributed by atoms with van der Waals surface area (Å²) in [5.41, 5.74) is 0.744. The molecule has 1 fully saturated rings. The predicted octanol–water partition coefficient (Wildman–Crippen LogP) is 1.42. The molecule has 2 N–H and O–H groups in total. The maximum atomic E-state index is 14.0. The summed E-state index contributed by atoms with van der Waals surface area (Å²) < 4.78 is 19.3. The van der Waals surface area contributed by atoms with Crippen molar-refractivity contribution in [3.8, 4) is 5.75 Å². The summed E-state index contributed by atoms with van der Waals surface area (Å²) >= 11 is 0. The van der Waals surface area contributed by atoms with Gasteiger partial charge in [-0.15, -0.1) is 0 Å². The fraction of sp³-hybridized carbons (Fsp3) is 0.500. The molecule has 0 unspecified atom stereocenters. The van der Waals surface area contributed by atoms with Crippen molar-refractivity contribution in [3.05, 3.63) is 29.6 Å². The van der Waals surface area contributed by atoms with E-state index in [9.17, 15) is 9.18 Å². The molecule has 104 valence electrons. The van der Waals surface area contributed by atoms with Gasteiger partial charge in [-0.2, -0.15) is 0 Å². The number of halogens is 1. The number of hydrogen-bond donors (Lipinski definition) is 2. The monoisotopic (exact) mass is 266 g/mol. The summed E-state index contributed by atoms with van der Waals surface area (Å²) in [6, 6.07) is 4.86. The summed E-state index contributed by atoms with van der Waals surface area (Å²) in [4.78, 5) is 11.0. The van der Waals surface area contributed by atoms with Crippen LogP contribution in [0.1, 0.15) is 24.3 Å². The number of nitrogens with one attached hydrogen (secondary N) is 2. The van der Waals surface area contributed by atoms with Crippen molar-refractivity contribution in [1.82, 2.24) is 10.6 Å². The van der Waals surface area contributed by atoms with Crippen LogP contribution < -0.4 is 15.4 Å². The average molecular weight is 266 g/mol. The Bertz CT molecular complexity index is 445. The van der Waals surface area contributed by atoms with Gasteiger partial charge in [-0.25, -0.2) is 4.39 Å². The molecular formula is C14H19FN2O2. The predicted molar refractivity (Wildman–Crippen MR) is 70.8 cm³/mol. The van der Waals surface area contributed by atoms with Gasteiger partial charge >= 0.3 is 0 Å². The molecule has 0 atom stereocenters. The molecule has 1 saturated heterocycles.